The zero-order chi connectivity index (χ0) is 14.5. The molecule has 1 aromatic carbocycles. The van der Waals surface area contributed by atoms with Crippen LogP contribution in [0.3, 0.4) is 0 Å². The van der Waals surface area contributed by atoms with E-state index in [-0.39, 0.29) is 36.8 Å². The Balaban J connectivity index is 0.00000220. The van der Waals surface area contributed by atoms with Gasteiger partial charge in [0.15, 0.2) is 0 Å². The van der Waals surface area contributed by atoms with Crippen molar-refractivity contribution in [2.45, 2.75) is 31.8 Å². The van der Waals surface area contributed by atoms with Crippen LogP contribution in [0.4, 0.5) is 0 Å². The lowest BCUT2D eigenvalue weighted by Gasteiger charge is -2.19. The summed E-state index contributed by atoms with van der Waals surface area (Å²) < 4.78 is 0. The molecule has 6 heteroatoms. The van der Waals surface area contributed by atoms with E-state index in [1.54, 1.807) is 0 Å². The second-order valence-electron chi connectivity index (χ2n) is 5.94. The average Bonchev–Trinajstić information content (AvgIpc) is 2.85. The molecule has 1 aromatic rings. The van der Waals surface area contributed by atoms with Gasteiger partial charge in [0.05, 0.1) is 0 Å². The molecule has 22 heavy (non-hydrogen) atoms. The molecule has 0 aliphatic heterocycles. The largest absolute Gasteiger partial charge is 0.349 e. The molecule has 0 aromatic heterocycles. The van der Waals surface area contributed by atoms with E-state index in [4.69, 9.17) is 5.73 Å². The quantitative estimate of drug-likeness (QED) is 0.859. The first-order chi connectivity index (χ1) is 9.60. The number of hydrogen-bond donors (Lipinski definition) is 2. The number of hydrogen-bond acceptors (Lipinski definition) is 3. The molecule has 2 unspecified atom stereocenters. The molecule has 1 aliphatic carbocycles. The first-order valence-electron chi connectivity index (χ1n) is 7.34. The van der Waals surface area contributed by atoms with E-state index in [2.05, 4.69) is 16.3 Å². The molecule has 1 saturated carbocycles. The van der Waals surface area contributed by atoms with Gasteiger partial charge in [-0.2, -0.15) is 0 Å². The second kappa shape index (κ2) is 10.1. The summed E-state index contributed by atoms with van der Waals surface area (Å²) in [6.07, 6.45) is 3.33. The Bertz CT molecular complexity index is 468. The molecule has 2 rings (SSSR count). The fourth-order valence-corrected chi connectivity index (χ4v) is 2.94. The summed E-state index contributed by atoms with van der Waals surface area (Å²) in [7, 11) is 4.05. The lowest BCUT2D eigenvalue weighted by Crippen LogP contribution is -2.39. The van der Waals surface area contributed by atoms with Crippen LogP contribution < -0.4 is 11.1 Å². The zero-order valence-electron chi connectivity index (χ0n) is 13.2. The third-order valence-corrected chi connectivity index (χ3v) is 3.97. The number of halogens is 2. The maximum Gasteiger partial charge on any atom is 0.251 e. The minimum Gasteiger partial charge on any atom is -0.349 e. The normalized spacial score (nSPS) is 20.2. The Morgan fingerprint density at radius 3 is 2.68 bits per heavy atom. The highest BCUT2D eigenvalue weighted by molar-refractivity contribution is 5.94. The van der Waals surface area contributed by atoms with E-state index in [0.29, 0.717) is 12.5 Å². The molecular weight excluding hydrogens is 321 g/mol. The van der Waals surface area contributed by atoms with Gasteiger partial charge in [-0.3, -0.25) is 4.79 Å². The highest BCUT2D eigenvalue weighted by Crippen LogP contribution is 2.24. The van der Waals surface area contributed by atoms with E-state index in [1.165, 1.54) is 0 Å². The molecule has 0 heterocycles. The standard InChI is InChI=1S/C16H25N3O.2ClH/c1-19(2)11-12-5-3-6-13(9-12)16(20)18-15-8-4-7-14(15)10-17;;/h3,5-6,9,14-15H,4,7-8,10-11,17H2,1-2H3,(H,18,20);2*1H. The maximum atomic E-state index is 12.3. The number of rotatable bonds is 5. The molecule has 0 radical (unpaired) electrons. The van der Waals surface area contributed by atoms with Gasteiger partial charge in [0.25, 0.3) is 5.91 Å². The zero-order valence-corrected chi connectivity index (χ0v) is 14.9. The lowest BCUT2D eigenvalue weighted by atomic mass is 10.0. The van der Waals surface area contributed by atoms with E-state index in [1.807, 2.05) is 32.3 Å². The predicted molar refractivity (Wildman–Crippen MR) is 96.0 cm³/mol. The Kier molecular flexibility index (Phi) is 9.69. The molecule has 1 aliphatic rings. The summed E-state index contributed by atoms with van der Waals surface area (Å²) in [5.41, 5.74) is 7.66. The number of nitrogens with two attached hydrogens (primary N) is 1. The number of amides is 1. The predicted octanol–water partition coefficient (Wildman–Crippen LogP) is 2.45. The Hall–Kier alpha value is -0.810. The molecule has 0 spiro atoms. The van der Waals surface area contributed by atoms with Crippen molar-refractivity contribution >= 4 is 30.7 Å². The molecule has 3 N–H and O–H groups in total. The van der Waals surface area contributed by atoms with Crippen molar-refractivity contribution in [2.75, 3.05) is 20.6 Å². The smallest absolute Gasteiger partial charge is 0.251 e. The van der Waals surface area contributed by atoms with Crippen LogP contribution in [0.15, 0.2) is 24.3 Å². The van der Waals surface area contributed by atoms with Gasteiger partial charge in [-0.25, -0.2) is 0 Å². The van der Waals surface area contributed by atoms with Gasteiger partial charge in [-0.05, 0) is 57.1 Å². The highest BCUT2D eigenvalue weighted by atomic mass is 35.5. The molecule has 1 fully saturated rings. The van der Waals surface area contributed by atoms with Crippen molar-refractivity contribution in [3.8, 4) is 0 Å². The number of carbonyl (C=O) groups is 1. The minimum absolute atomic E-state index is 0. The van der Waals surface area contributed by atoms with Gasteiger partial charge in [-0.15, -0.1) is 24.8 Å². The molecule has 2 atom stereocenters. The maximum absolute atomic E-state index is 12.3. The van der Waals surface area contributed by atoms with Crippen LogP contribution in [0.25, 0.3) is 0 Å². The van der Waals surface area contributed by atoms with Crippen molar-refractivity contribution in [3.63, 3.8) is 0 Å². The van der Waals surface area contributed by atoms with Crippen molar-refractivity contribution in [2.24, 2.45) is 11.7 Å². The summed E-state index contributed by atoms with van der Waals surface area (Å²) in [6, 6.07) is 8.09. The first-order valence-corrected chi connectivity index (χ1v) is 7.34. The Labute approximate surface area is 145 Å². The van der Waals surface area contributed by atoms with Crippen LogP contribution in [0.5, 0.6) is 0 Å². The first kappa shape index (κ1) is 21.2. The number of benzene rings is 1. The van der Waals surface area contributed by atoms with Crippen molar-refractivity contribution in [1.29, 1.82) is 0 Å². The summed E-state index contributed by atoms with van der Waals surface area (Å²) in [6.45, 7) is 1.50. The molecule has 4 nitrogen and oxygen atoms in total. The fraction of sp³-hybridized carbons (Fsp3) is 0.562. The monoisotopic (exact) mass is 347 g/mol. The lowest BCUT2D eigenvalue weighted by molar-refractivity contribution is 0.0928. The molecule has 0 saturated heterocycles. The van der Waals surface area contributed by atoms with Crippen LogP contribution >= 0.6 is 24.8 Å². The average molecular weight is 348 g/mol. The van der Waals surface area contributed by atoms with Crippen molar-refractivity contribution in [1.82, 2.24) is 10.2 Å². The number of nitrogens with one attached hydrogen (secondary N) is 1. The highest BCUT2D eigenvalue weighted by Gasteiger charge is 2.27. The Morgan fingerprint density at radius 2 is 2.05 bits per heavy atom. The third-order valence-electron chi connectivity index (χ3n) is 3.97. The van der Waals surface area contributed by atoms with Crippen molar-refractivity contribution < 1.29 is 4.79 Å². The van der Waals surface area contributed by atoms with E-state index in [9.17, 15) is 4.79 Å². The van der Waals surface area contributed by atoms with E-state index in [0.717, 1.165) is 36.9 Å². The topological polar surface area (TPSA) is 58.4 Å². The van der Waals surface area contributed by atoms with Gasteiger partial charge >= 0.3 is 0 Å². The molecule has 0 bridgehead atoms. The summed E-state index contributed by atoms with van der Waals surface area (Å²) in [4.78, 5) is 14.4. The van der Waals surface area contributed by atoms with Crippen LogP contribution in [0.1, 0.15) is 35.2 Å². The second-order valence-corrected chi connectivity index (χ2v) is 5.94. The summed E-state index contributed by atoms with van der Waals surface area (Å²) >= 11 is 0. The molecular formula is C16H27Cl2N3O. The SMILES string of the molecule is CN(C)Cc1cccc(C(=O)NC2CCCC2CN)c1.Cl.Cl. The summed E-state index contributed by atoms with van der Waals surface area (Å²) in [5, 5.41) is 3.14. The number of carbonyl (C=O) groups excluding carboxylic acids is 1. The fourth-order valence-electron chi connectivity index (χ4n) is 2.94. The van der Waals surface area contributed by atoms with Crippen LogP contribution in [-0.2, 0) is 6.54 Å². The van der Waals surface area contributed by atoms with E-state index >= 15 is 0 Å². The van der Waals surface area contributed by atoms with Crippen LogP contribution in [0.2, 0.25) is 0 Å². The van der Waals surface area contributed by atoms with Gasteiger partial charge in [-0.1, -0.05) is 18.6 Å². The third kappa shape index (κ3) is 5.76. The van der Waals surface area contributed by atoms with E-state index < -0.39 is 0 Å². The van der Waals surface area contributed by atoms with Crippen LogP contribution in [0, 0.1) is 5.92 Å². The minimum atomic E-state index is 0. The summed E-state index contributed by atoms with van der Waals surface area (Å²) in [5.74, 6) is 0.458. The molecule has 1 amide bonds. The van der Waals surface area contributed by atoms with Gasteiger partial charge in [0, 0.05) is 18.2 Å². The number of nitrogens with zero attached hydrogens (tertiary/aromatic N) is 1. The van der Waals surface area contributed by atoms with Gasteiger partial charge < -0.3 is 16.0 Å². The van der Waals surface area contributed by atoms with Gasteiger partial charge in [0.2, 0.25) is 0 Å². The van der Waals surface area contributed by atoms with Crippen LogP contribution in [-0.4, -0.2) is 37.5 Å². The van der Waals surface area contributed by atoms with Crippen molar-refractivity contribution in [3.05, 3.63) is 35.4 Å². The molecule has 126 valence electrons. The van der Waals surface area contributed by atoms with Gasteiger partial charge in [0.1, 0.15) is 0 Å². The Morgan fingerprint density at radius 1 is 1.32 bits per heavy atom.